The number of amides is 2. The third kappa shape index (κ3) is 4.03. The Hall–Kier alpha value is -1.63. The van der Waals surface area contributed by atoms with Crippen LogP contribution in [0.2, 0.25) is 0 Å². The van der Waals surface area contributed by atoms with Crippen LogP contribution >= 0.6 is 0 Å². The highest BCUT2D eigenvalue weighted by Gasteiger charge is 2.51. The number of carboxylic acid groups (broad SMARTS) is 1. The van der Waals surface area contributed by atoms with E-state index in [9.17, 15) is 19.5 Å². The van der Waals surface area contributed by atoms with Crippen LogP contribution in [-0.2, 0) is 19.1 Å². The molecule has 0 saturated heterocycles. The zero-order chi connectivity index (χ0) is 18.9. The summed E-state index contributed by atoms with van der Waals surface area (Å²) in [6.45, 7) is 1.03. The van der Waals surface area contributed by atoms with Crippen LogP contribution in [-0.4, -0.2) is 48.7 Å². The van der Waals surface area contributed by atoms with Crippen LogP contribution in [0.25, 0.3) is 0 Å². The molecule has 3 N–H and O–H groups in total. The van der Waals surface area contributed by atoms with Gasteiger partial charge in [0, 0.05) is 13.5 Å². The molecule has 0 aliphatic heterocycles. The molecule has 7 nitrogen and oxygen atoms in total. The molecule has 4 rings (SSSR count). The Morgan fingerprint density at radius 2 is 1.62 bits per heavy atom. The average Bonchev–Trinajstić information content (AvgIpc) is 2.51. The maximum absolute atomic E-state index is 12.4. The van der Waals surface area contributed by atoms with Crippen LogP contribution in [0.15, 0.2) is 0 Å². The number of hydrogen-bond acceptors (Lipinski definition) is 4. The molecule has 4 aliphatic rings. The number of nitrogens with one attached hydrogen (secondary N) is 2. The van der Waals surface area contributed by atoms with Crippen LogP contribution < -0.4 is 10.6 Å². The van der Waals surface area contributed by atoms with Crippen molar-refractivity contribution in [2.24, 2.45) is 23.2 Å². The second-order valence-electron chi connectivity index (χ2n) is 8.99. The summed E-state index contributed by atoms with van der Waals surface area (Å²) in [6, 6.07) is 0. The summed E-state index contributed by atoms with van der Waals surface area (Å²) in [5.41, 5.74) is -1.38. The van der Waals surface area contributed by atoms with E-state index < -0.39 is 17.4 Å². The van der Waals surface area contributed by atoms with Gasteiger partial charge in [-0.15, -0.1) is 0 Å². The van der Waals surface area contributed by atoms with Crippen molar-refractivity contribution in [1.82, 2.24) is 10.6 Å². The summed E-state index contributed by atoms with van der Waals surface area (Å²) in [5, 5.41) is 14.4. The molecule has 4 saturated carbocycles. The third-order valence-corrected chi connectivity index (χ3v) is 6.47. The molecule has 146 valence electrons. The molecule has 0 radical (unpaired) electrons. The van der Waals surface area contributed by atoms with Crippen molar-refractivity contribution in [3.63, 3.8) is 0 Å². The van der Waals surface area contributed by atoms with Gasteiger partial charge in [0.15, 0.2) is 5.54 Å². The molecule has 4 aliphatic carbocycles. The maximum Gasteiger partial charge on any atom is 0.331 e. The molecule has 7 heteroatoms. The number of carbonyl (C=O) groups is 3. The van der Waals surface area contributed by atoms with Gasteiger partial charge in [-0.3, -0.25) is 9.59 Å². The number of aliphatic carboxylic acids is 1. The fraction of sp³-hybridized carbons (Fsp3) is 0.842. The van der Waals surface area contributed by atoms with Gasteiger partial charge < -0.3 is 20.5 Å². The van der Waals surface area contributed by atoms with E-state index in [1.54, 1.807) is 0 Å². The normalized spacial score (nSPS) is 34.2. The van der Waals surface area contributed by atoms with E-state index in [1.165, 1.54) is 33.3 Å². The van der Waals surface area contributed by atoms with Gasteiger partial charge in [0.2, 0.25) is 11.8 Å². The summed E-state index contributed by atoms with van der Waals surface area (Å²) in [7, 11) is 1.38. The van der Waals surface area contributed by atoms with Crippen LogP contribution in [0.1, 0.15) is 51.9 Å². The average molecular weight is 366 g/mol. The molecule has 0 spiro atoms. The SMILES string of the molecule is COCC(C)(NC(=O)CNC(=O)CC12CC3CC(CC(C3)C1)C2)C(=O)O. The molecule has 1 atom stereocenters. The first-order chi connectivity index (χ1) is 12.2. The van der Waals surface area contributed by atoms with Crippen LogP contribution in [0.5, 0.6) is 0 Å². The Balaban J connectivity index is 1.48. The van der Waals surface area contributed by atoms with Gasteiger partial charge in [-0.05, 0) is 68.6 Å². The van der Waals surface area contributed by atoms with Crippen molar-refractivity contribution in [2.45, 2.75) is 57.4 Å². The van der Waals surface area contributed by atoms with E-state index in [0.29, 0.717) is 6.42 Å². The highest BCUT2D eigenvalue weighted by Crippen LogP contribution is 2.61. The highest BCUT2D eigenvalue weighted by atomic mass is 16.5. The fourth-order valence-corrected chi connectivity index (χ4v) is 5.88. The van der Waals surface area contributed by atoms with Crippen molar-refractivity contribution in [1.29, 1.82) is 0 Å². The Bertz CT molecular complexity index is 555. The van der Waals surface area contributed by atoms with E-state index in [-0.39, 0.29) is 24.5 Å². The standard InChI is InChI=1S/C19H30N2O5/c1-18(11-26-2,17(24)25)21-16(23)10-20-15(22)9-19-6-12-3-13(7-19)5-14(4-12)8-19/h12-14H,3-11H2,1-2H3,(H,20,22)(H,21,23)(H,24,25). The summed E-state index contributed by atoms with van der Waals surface area (Å²) >= 11 is 0. The van der Waals surface area contributed by atoms with Crippen molar-refractivity contribution >= 4 is 17.8 Å². The summed E-state index contributed by atoms with van der Waals surface area (Å²) in [6.07, 6.45) is 7.90. The first-order valence-corrected chi connectivity index (χ1v) is 9.54. The van der Waals surface area contributed by atoms with Crippen molar-refractivity contribution in [3.8, 4) is 0 Å². The molecular weight excluding hydrogens is 336 g/mol. The van der Waals surface area contributed by atoms with Gasteiger partial charge >= 0.3 is 5.97 Å². The van der Waals surface area contributed by atoms with Crippen LogP contribution in [0.4, 0.5) is 0 Å². The summed E-state index contributed by atoms with van der Waals surface area (Å²) in [4.78, 5) is 35.8. The van der Waals surface area contributed by atoms with E-state index >= 15 is 0 Å². The number of ether oxygens (including phenoxy) is 1. The maximum atomic E-state index is 12.4. The Morgan fingerprint density at radius 3 is 2.08 bits per heavy atom. The molecular formula is C19H30N2O5. The summed E-state index contributed by atoms with van der Waals surface area (Å²) in [5.74, 6) is 0.539. The number of methoxy groups -OCH3 is 1. The predicted molar refractivity (Wildman–Crippen MR) is 94.3 cm³/mol. The molecule has 0 heterocycles. The van der Waals surface area contributed by atoms with Gasteiger partial charge in [0.05, 0.1) is 13.2 Å². The summed E-state index contributed by atoms with van der Waals surface area (Å²) < 4.78 is 4.87. The van der Waals surface area contributed by atoms with E-state index in [1.807, 2.05) is 0 Å². The van der Waals surface area contributed by atoms with E-state index in [2.05, 4.69) is 10.6 Å². The lowest BCUT2D eigenvalue weighted by Crippen LogP contribution is -2.57. The molecule has 4 bridgehead atoms. The molecule has 2 amide bonds. The second kappa shape index (κ2) is 7.18. The first-order valence-electron chi connectivity index (χ1n) is 9.54. The van der Waals surface area contributed by atoms with Crippen LogP contribution in [0.3, 0.4) is 0 Å². The van der Waals surface area contributed by atoms with Crippen molar-refractivity contribution < 1.29 is 24.2 Å². The van der Waals surface area contributed by atoms with Gasteiger partial charge in [-0.25, -0.2) is 4.79 Å². The Labute approximate surface area is 154 Å². The van der Waals surface area contributed by atoms with Gasteiger partial charge in [-0.2, -0.15) is 0 Å². The van der Waals surface area contributed by atoms with Gasteiger partial charge in [0.1, 0.15) is 0 Å². The zero-order valence-corrected chi connectivity index (χ0v) is 15.7. The van der Waals surface area contributed by atoms with Crippen molar-refractivity contribution in [3.05, 3.63) is 0 Å². The third-order valence-electron chi connectivity index (χ3n) is 6.47. The molecule has 1 unspecified atom stereocenters. The minimum Gasteiger partial charge on any atom is -0.479 e. The lowest BCUT2D eigenvalue weighted by atomic mass is 9.49. The Morgan fingerprint density at radius 1 is 1.08 bits per heavy atom. The van der Waals surface area contributed by atoms with E-state index in [0.717, 1.165) is 37.0 Å². The molecule has 26 heavy (non-hydrogen) atoms. The molecule has 0 aromatic heterocycles. The number of carboxylic acids is 1. The van der Waals surface area contributed by atoms with E-state index in [4.69, 9.17) is 4.74 Å². The molecule has 4 fully saturated rings. The van der Waals surface area contributed by atoms with Crippen molar-refractivity contribution in [2.75, 3.05) is 20.3 Å². The van der Waals surface area contributed by atoms with Gasteiger partial charge in [0.25, 0.3) is 0 Å². The largest absolute Gasteiger partial charge is 0.479 e. The highest BCUT2D eigenvalue weighted by molar-refractivity contribution is 5.90. The number of carbonyl (C=O) groups excluding carboxylic acids is 2. The van der Waals surface area contributed by atoms with Crippen LogP contribution in [0, 0.1) is 23.2 Å². The monoisotopic (exact) mass is 366 g/mol. The second-order valence-corrected chi connectivity index (χ2v) is 8.99. The first kappa shape index (κ1) is 19.1. The lowest BCUT2D eigenvalue weighted by molar-refractivity contribution is -0.149. The smallest absolute Gasteiger partial charge is 0.331 e. The van der Waals surface area contributed by atoms with Gasteiger partial charge in [-0.1, -0.05) is 0 Å². The molecule has 0 aromatic carbocycles. The minimum absolute atomic E-state index is 0.106. The molecule has 0 aromatic rings. The number of hydrogen-bond donors (Lipinski definition) is 3. The topological polar surface area (TPSA) is 105 Å². The quantitative estimate of drug-likeness (QED) is 0.601. The number of rotatable bonds is 8. The fourth-order valence-electron chi connectivity index (χ4n) is 5.88. The minimum atomic E-state index is -1.50. The Kier molecular flexibility index (Phi) is 5.28. The lowest BCUT2D eigenvalue weighted by Gasteiger charge is -2.56. The zero-order valence-electron chi connectivity index (χ0n) is 15.7. The predicted octanol–water partition coefficient (Wildman–Crippen LogP) is 1.31.